The van der Waals surface area contributed by atoms with Gasteiger partial charge in [-0.2, -0.15) is 0 Å². The number of esters is 1. The van der Waals surface area contributed by atoms with Gasteiger partial charge in [-0.05, 0) is 24.6 Å². The Morgan fingerprint density at radius 1 is 1.37 bits per heavy atom. The Bertz CT molecular complexity index is 462. The Balaban J connectivity index is 2.11. The Morgan fingerprint density at radius 3 is 3.00 bits per heavy atom. The molecule has 0 saturated carbocycles. The number of hydrogen-bond donors (Lipinski definition) is 1. The fourth-order valence-electron chi connectivity index (χ4n) is 2.17. The van der Waals surface area contributed by atoms with Gasteiger partial charge in [0, 0.05) is 31.7 Å². The lowest BCUT2D eigenvalue weighted by Crippen LogP contribution is -2.38. The van der Waals surface area contributed by atoms with Crippen LogP contribution in [0.15, 0.2) is 24.3 Å². The smallest absolute Gasteiger partial charge is 0.337 e. The number of hydrogen-bond acceptors (Lipinski definition) is 4. The molecule has 1 N–H and O–H groups in total. The molecule has 102 valence electrons. The van der Waals surface area contributed by atoms with Crippen LogP contribution in [0, 0.1) is 0 Å². The topological polar surface area (TPSA) is 58.6 Å². The minimum absolute atomic E-state index is 0.114. The number of benzene rings is 1. The second-order valence-corrected chi connectivity index (χ2v) is 4.48. The first-order valence-electron chi connectivity index (χ1n) is 6.41. The molecule has 1 fully saturated rings. The van der Waals surface area contributed by atoms with Crippen molar-refractivity contribution in [1.29, 1.82) is 0 Å². The van der Waals surface area contributed by atoms with Gasteiger partial charge in [0.1, 0.15) is 0 Å². The first-order chi connectivity index (χ1) is 9.20. The van der Waals surface area contributed by atoms with E-state index in [4.69, 9.17) is 4.74 Å². The van der Waals surface area contributed by atoms with Gasteiger partial charge in [0.25, 0.3) is 0 Å². The summed E-state index contributed by atoms with van der Waals surface area (Å²) in [4.78, 5) is 25.0. The number of rotatable bonds is 2. The van der Waals surface area contributed by atoms with Gasteiger partial charge in [-0.3, -0.25) is 4.79 Å². The molecule has 1 aliphatic rings. The largest absolute Gasteiger partial charge is 0.465 e. The summed E-state index contributed by atoms with van der Waals surface area (Å²) in [6, 6.07) is 7.38. The van der Waals surface area contributed by atoms with Crippen molar-refractivity contribution in [2.75, 3.05) is 31.6 Å². The zero-order valence-electron chi connectivity index (χ0n) is 11.0. The van der Waals surface area contributed by atoms with Crippen molar-refractivity contribution in [3.63, 3.8) is 0 Å². The van der Waals surface area contributed by atoms with Crippen LogP contribution in [0.5, 0.6) is 0 Å². The van der Waals surface area contributed by atoms with E-state index in [0.29, 0.717) is 18.5 Å². The van der Waals surface area contributed by atoms with Crippen molar-refractivity contribution in [2.24, 2.45) is 0 Å². The Hall–Kier alpha value is -2.04. The first-order valence-corrected chi connectivity index (χ1v) is 6.41. The van der Waals surface area contributed by atoms with Crippen molar-refractivity contribution in [2.45, 2.75) is 12.8 Å². The summed E-state index contributed by atoms with van der Waals surface area (Å²) in [5.41, 5.74) is 1.53. The third kappa shape index (κ3) is 3.47. The van der Waals surface area contributed by atoms with Gasteiger partial charge in [0.15, 0.2) is 0 Å². The molecule has 1 aromatic rings. The summed E-state index contributed by atoms with van der Waals surface area (Å²) in [5, 5.41) is 2.86. The van der Waals surface area contributed by atoms with E-state index in [-0.39, 0.29) is 11.9 Å². The summed E-state index contributed by atoms with van der Waals surface area (Å²) in [5.74, 6) is -0.217. The van der Waals surface area contributed by atoms with Crippen LogP contribution in [-0.2, 0) is 9.53 Å². The van der Waals surface area contributed by atoms with Crippen molar-refractivity contribution in [3.8, 4) is 0 Å². The fraction of sp³-hybridized carbons (Fsp3) is 0.429. The van der Waals surface area contributed by atoms with Gasteiger partial charge in [-0.1, -0.05) is 6.07 Å². The molecular formula is C14H18N2O3. The molecular weight excluding hydrogens is 244 g/mol. The minimum atomic E-state index is -0.331. The van der Waals surface area contributed by atoms with E-state index in [1.165, 1.54) is 7.11 Å². The molecule has 0 bridgehead atoms. The number of methoxy groups -OCH3 is 1. The van der Waals surface area contributed by atoms with Crippen LogP contribution in [0.4, 0.5) is 5.69 Å². The van der Waals surface area contributed by atoms with Crippen molar-refractivity contribution >= 4 is 17.6 Å². The lowest BCUT2D eigenvalue weighted by atomic mass is 10.1. The summed E-state index contributed by atoms with van der Waals surface area (Å²) in [7, 11) is 1.38. The highest BCUT2D eigenvalue weighted by Gasteiger charge is 2.13. The van der Waals surface area contributed by atoms with E-state index < -0.39 is 0 Å². The fourth-order valence-corrected chi connectivity index (χ4v) is 2.17. The van der Waals surface area contributed by atoms with E-state index in [9.17, 15) is 9.59 Å². The van der Waals surface area contributed by atoms with Gasteiger partial charge >= 0.3 is 5.97 Å². The average molecular weight is 262 g/mol. The molecule has 1 heterocycles. The number of anilines is 1. The van der Waals surface area contributed by atoms with Crippen molar-refractivity contribution < 1.29 is 14.3 Å². The Morgan fingerprint density at radius 2 is 2.21 bits per heavy atom. The normalized spacial score (nSPS) is 16.3. The lowest BCUT2D eigenvalue weighted by Gasteiger charge is -2.27. The SMILES string of the molecule is COC(=O)c1cccc(N2CCCC(=O)NCC2)c1. The zero-order chi connectivity index (χ0) is 13.7. The lowest BCUT2D eigenvalue weighted by molar-refractivity contribution is -0.121. The molecule has 0 spiro atoms. The molecule has 1 saturated heterocycles. The number of nitrogens with zero attached hydrogens (tertiary/aromatic N) is 1. The molecule has 2 rings (SSSR count). The highest BCUT2D eigenvalue weighted by Crippen LogP contribution is 2.18. The molecule has 1 aromatic carbocycles. The van der Waals surface area contributed by atoms with E-state index in [2.05, 4.69) is 10.2 Å². The number of carbonyl (C=O) groups excluding carboxylic acids is 2. The number of amides is 1. The average Bonchev–Trinajstić information content (AvgIpc) is 2.42. The van der Waals surface area contributed by atoms with Gasteiger partial charge < -0.3 is 15.0 Å². The van der Waals surface area contributed by atoms with Crippen LogP contribution in [-0.4, -0.2) is 38.6 Å². The maximum absolute atomic E-state index is 11.5. The Labute approximate surface area is 112 Å². The van der Waals surface area contributed by atoms with Crippen molar-refractivity contribution in [1.82, 2.24) is 5.32 Å². The molecule has 0 aromatic heterocycles. The third-order valence-corrected chi connectivity index (χ3v) is 3.17. The second-order valence-electron chi connectivity index (χ2n) is 4.48. The summed E-state index contributed by atoms with van der Waals surface area (Å²) < 4.78 is 4.72. The van der Waals surface area contributed by atoms with Crippen LogP contribution in [0.1, 0.15) is 23.2 Å². The minimum Gasteiger partial charge on any atom is -0.465 e. The molecule has 0 radical (unpaired) electrons. The van der Waals surface area contributed by atoms with Crippen LogP contribution in [0.2, 0.25) is 0 Å². The van der Waals surface area contributed by atoms with Crippen LogP contribution < -0.4 is 10.2 Å². The van der Waals surface area contributed by atoms with E-state index in [1.54, 1.807) is 6.07 Å². The number of ether oxygens (including phenoxy) is 1. The molecule has 19 heavy (non-hydrogen) atoms. The standard InChI is InChI=1S/C14H18N2O3/c1-19-14(18)11-4-2-5-12(10-11)16-8-3-6-13(17)15-7-9-16/h2,4-5,10H,3,6-9H2,1H3,(H,15,17). The summed E-state index contributed by atoms with van der Waals surface area (Å²) >= 11 is 0. The molecule has 0 atom stereocenters. The highest BCUT2D eigenvalue weighted by atomic mass is 16.5. The van der Waals surface area contributed by atoms with Crippen LogP contribution in [0.3, 0.4) is 0 Å². The predicted molar refractivity (Wildman–Crippen MR) is 72.2 cm³/mol. The maximum atomic E-state index is 11.5. The van der Waals surface area contributed by atoms with E-state index in [1.807, 2.05) is 18.2 Å². The number of carbonyl (C=O) groups is 2. The molecule has 0 unspecified atom stereocenters. The monoisotopic (exact) mass is 262 g/mol. The second kappa shape index (κ2) is 6.22. The van der Waals surface area contributed by atoms with Crippen LogP contribution >= 0.6 is 0 Å². The van der Waals surface area contributed by atoms with Crippen LogP contribution in [0.25, 0.3) is 0 Å². The van der Waals surface area contributed by atoms with Gasteiger partial charge in [0.05, 0.1) is 12.7 Å². The van der Waals surface area contributed by atoms with Crippen molar-refractivity contribution in [3.05, 3.63) is 29.8 Å². The van der Waals surface area contributed by atoms with Gasteiger partial charge in [0.2, 0.25) is 5.91 Å². The summed E-state index contributed by atoms with van der Waals surface area (Å²) in [6.45, 7) is 2.19. The molecule has 1 aliphatic heterocycles. The van der Waals surface area contributed by atoms with E-state index in [0.717, 1.165) is 25.2 Å². The quantitative estimate of drug-likeness (QED) is 0.813. The molecule has 5 nitrogen and oxygen atoms in total. The Kier molecular flexibility index (Phi) is 4.39. The number of nitrogens with one attached hydrogen (secondary N) is 1. The molecule has 0 aliphatic carbocycles. The van der Waals surface area contributed by atoms with Gasteiger partial charge in [-0.25, -0.2) is 4.79 Å². The maximum Gasteiger partial charge on any atom is 0.337 e. The summed E-state index contributed by atoms with van der Waals surface area (Å²) in [6.07, 6.45) is 1.36. The van der Waals surface area contributed by atoms with E-state index >= 15 is 0 Å². The molecule has 5 heteroatoms. The third-order valence-electron chi connectivity index (χ3n) is 3.17. The predicted octanol–water partition coefficient (Wildman–Crippen LogP) is 1.19. The molecule has 1 amide bonds. The first kappa shape index (κ1) is 13.4. The zero-order valence-corrected chi connectivity index (χ0v) is 11.0. The highest BCUT2D eigenvalue weighted by molar-refractivity contribution is 5.90. The van der Waals surface area contributed by atoms with Gasteiger partial charge in [-0.15, -0.1) is 0 Å².